The lowest BCUT2D eigenvalue weighted by Crippen LogP contribution is -2.45. The van der Waals surface area contributed by atoms with E-state index < -0.39 is 0 Å². The van der Waals surface area contributed by atoms with E-state index in [1.807, 2.05) is 30.5 Å². The highest BCUT2D eigenvalue weighted by Gasteiger charge is 2.35. The summed E-state index contributed by atoms with van der Waals surface area (Å²) >= 11 is 0. The molecule has 1 N–H and O–H groups in total. The third-order valence-corrected chi connectivity index (χ3v) is 4.06. The highest BCUT2D eigenvalue weighted by atomic mass is 16.2. The lowest BCUT2D eigenvalue weighted by molar-refractivity contribution is -0.132. The maximum atomic E-state index is 12.8. The molecule has 1 atom stereocenters. The minimum absolute atomic E-state index is 0.00194. The highest BCUT2D eigenvalue weighted by molar-refractivity contribution is 6.07. The molecule has 0 radical (unpaired) electrons. The van der Waals surface area contributed by atoms with E-state index >= 15 is 0 Å². The summed E-state index contributed by atoms with van der Waals surface area (Å²) in [6.07, 6.45) is 3.44. The number of likely N-dealkylation sites (N-methyl/N-ethyl adjacent to an activating group) is 1. The molecule has 1 unspecified atom stereocenters. The Kier molecular flexibility index (Phi) is 3.41. The number of hydrogen-bond acceptors (Lipinski definition) is 2. The van der Waals surface area contributed by atoms with E-state index in [4.69, 9.17) is 0 Å². The quantitative estimate of drug-likeness (QED) is 0.915. The molecule has 2 heterocycles. The monoisotopic (exact) mass is 285 g/mol. The molecule has 1 aromatic carbocycles. The molecule has 1 saturated heterocycles. The zero-order valence-electron chi connectivity index (χ0n) is 12.3. The summed E-state index contributed by atoms with van der Waals surface area (Å²) in [4.78, 5) is 31.5. The minimum atomic E-state index is -0.332. The van der Waals surface area contributed by atoms with Crippen LogP contribution in [0.1, 0.15) is 23.2 Å². The van der Waals surface area contributed by atoms with Gasteiger partial charge in [0.25, 0.3) is 5.91 Å². The van der Waals surface area contributed by atoms with Gasteiger partial charge in [-0.2, -0.15) is 0 Å². The van der Waals surface area contributed by atoms with Gasteiger partial charge in [0, 0.05) is 43.3 Å². The van der Waals surface area contributed by atoms with Gasteiger partial charge in [-0.15, -0.1) is 0 Å². The summed E-state index contributed by atoms with van der Waals surface area (Å²) in [5, 5.41) is 0.908. The average Bonchev–Trinajstić information content (AvgIpc) is 3.13. The van der Waals surface area contributed by atoms with Crippen molar-refractivity contribution in [3.05, 3.63) is 36.0 Å². The predicted octanol–water partition coefficient (Wildman–Crippen LogP) is 1.86. The number of amides is 2. The van der Waals surface area contributed by atoms with E-state index in [0.717, 1.165) is 23.7 Å². The minimum Gasteiger partial charge on any atom is -0.361 e. The van der Waals surface area contributed by atoms with Crippen molar-refractivity contribution in [3.63, 3.8) is 0 Å². The third kappa shape index (κ3) is 2.28. The Morgan fingerprint density at radius 1 is 1.29 bits per heavy atom. The van der Waals surface area contributed by atoms with Crippen molar-refractivity contribution in [2.24, 2.45) is 0 Å². The molecular weight excluding hydrogens is 266 g/mol. The Hall–Kier alpha value is -2.30. The largest absolute Gasteiger partial charge is 0.361 e. The molecule has 1 aliphatic heterocycles. The van der Waals surface area contributed by atoms with Crippen LogP contribution in [0.15, 0.2) is 30.5 Å². The number of H-pyrrole nitrogens is 1. The number of benzene rings is 1. The second-order valence-corrected chi connectivity index (χ2v) is 5.63. The third-order valence-electron chi connectivity index (χ3n) is 4.06. The molecular formula is C16H19N3O2. The van der Waals surface area contributed by atoms with Crippen LogP contribution in [0, 0.1) is 0 Å². The first-order chi connectivity index (χ1) is 10.1. The molecule has 0 aliphatic carbocycles. The van der Waals surface area contributed by atoms with Gasteiger partial charge in [-0.25, -0.2) is 0 Å². The van der Waals surface area contributed by atoms with E-state index in [1.54, 1.807) is 23.9 Å². The molecule has 1 aromatic heterocycles. The summed E-state index contributed by atoms with van der Waals surface area (Å²) in [6, 6.07) is 7.21. The van der Waals surface area contributed by atoms with Crippen LogP contribution in [-0.2, 0) is 4.79 Å². The van der Waals surface area contributed by atoms with Gasteiger partial charge in [-0.05, 0) is 31.0 Å². The van der Waals surface area contributed by atoms with Crippen molar-refractivity contribution in [3.8, 4) is 0 Å². The summed E-state index contributed by atoms with van der Waals surface area (Å²) < 4.78 is 0. The van der Waals surface area contributed by atoms with Crippen molar-refractivity contribution >= 4 is 22.7 Å². The van der Waals surface area contributed by atoms with Gasteiger partial charge >= 0.3 is 0 Å². The topological polar surface area (TPSA) is 56.4 Å². The number of rotatable bonds is 2. The Balaban J connectivity index is 1.94. The first-order valence-corrected chi connectivity index (χ1v) is 7.18. The number of nitrogens with one attached hydrogen (secondary N) is 1. The second-order valence-electron chi connectivity index (χ2n) is 5.63. The fourth-order valence-corrected chi connectivity index (χ4v) is 2.99. The van der Waals surface area contributed by atoms with Crippen molar-refractivity contribution < 1.29 is 9.59 Å². The first kappa shape index (κ1) is 13.7. The number of aromatic nitrogens is 1. The zero-order valence-corrected chi connectivity index (χ0v) is 12.3. The van der Waals surface area contributed by atoms with Gasteiger partial charge in [0.2, 0.25) is 5.91 Å². The van der Waals surface area contributed by atoms with E-state index in [0.29, 0.717) is 12.1 Å². The number of nitrogens with zero attached hydrogens (tertiary/aromatic N) is 2. The summed E-state index contributed by atoms with van der Waals surface area (Å²) in [6.45, 7) is 0.643. The standard InChI is InChI=1S/C16H19N3O2/c1-18(2)16(21)14-7-4-10-19(14)15(20)12-5-3-6-13-11(12)8-9-17-13/h3,5-6,8-9,14,17H,4,7,10H2,1-2H3. The van der Waals surface area contributed by atoms with Gasteiger partial charge in [0.15, 0.2) is 0 Å². The Morgan fingerprint density at radius 3 is 2.86 bits per heavy atom. The number of likely N-dealkylation sites (tertiary alicyclic amines) is 1. The van der Waals surface area contributed by atoms with E-state index in [2.05, 4.69) is 4.98 Å². The molecule has 5 heteroatoms. The predicted molar refractivity (Wildman–Crippen MR) is 81.1 cm³/mol. The van der Waals surface area contributed by atoms with Crippen molar-refractivity contribution in [1.82, 2.24) is 14.8 Å². The van der Waals surface area contributed by atoms with Gasteiger partial charge in [0.1, 0.15) is 6.04 Å². The van der Waals surface area contributed by atoms with Gasteiger partial charge in [-0.3, -0.25) is 9.59 Å². The van der Waals surface area contributed by atoms with Crippen LogP contribution in [0.3, 0.4) is 0 Å². The molecule has 110 valence electrons. The number of fused-ring (bicyclic) bond motifs is 1. The maximum Gasteiger partial charge on any atom is 0.255 e. The van der Waals surface area contributed by atoms with Crippen LogP contribution in [-0.4, -0.2) is 53.3 Å². The molecule has 2 aromatic rings. The van der Waals surface area contributed by atoms with Crippen LogP contribution in [0.4, 0.5) is 0 Å². The number of carbonyl (C=O) groups excluding carboxylic acids is 2. The molecule has 3 rings (SSSR count). The molecule has 0 saturated carbocycles. The molecule has 0 spiro atoms. The SMILES string of the molecule is CN(C)C(=O)C1CCCN1C(=O)c1cccc2[nH]ccc12. The molecule has 0 bridgehead atoms. The fraction of sp³-hybridized carbons (Fsp3) is 0.375. The van der Waals surface area contributed by atoms with E-state index in [9.17, 15) is 9.59 Å². The van der Waals surface area contributed by atoms with Crippen LogP contribution < -0.4 is 0 Å². The van der Waals surface area contributed by atoms with Gasteiger partial charge in [-0.1, -0.05) is 6.07 Å². The van der Waals surface area contributed by atoms with E-state index in [-0.39, 0.29) is 17.9 Å². The molecule has 21 heavy (non-hydrogen) atoms. The number of carbonyl (C=O) groups is 2. The molecule has 1 aliphatic rings. The molecule has 2 amide bonds. The summed E-state index contributed by atoms with van der Waals surface area (Å²) in [5.74, 6) is -0.0556. The Morgan fingerprint density at radius 2 is 2.10 bits per heavy atom. The Labute approximate surface area is 123 Å². The maximum absolute atomic E-state index is 12.8. The van der Waals surface area contributed by atoms with Gasteiger partial charge in [0.05, 0.1) is 0 Å². The number of aromatic amines is 1. The number of hydrogen-bond donors (Lipinski definition) is 1. The highest BCUT2D eigenvalue weighted by Crippen LogP contribution is 2.25. The van der Waals surface area contributed by atoms with Crippen LogP contribution in [0.5, 0.6) is 0 Å². The van der Waals surface area contributed by atoms with Crippen molar-refractivity contribution in [1.29, 1.82) is 0 Å². The molecule has 1 fully saturated rings. The average molecular weight is 285 g/mol. The second kappa shape index (κ2) is 5.24. The fourth-order valence-electron chi connectivity index (χ4n) is 2.99. The first-order valence-electron chi connectivity index (χ1n) is 7.18. The lowest BCUT2D eigenvalue weighted by Gasteiger charge is -2.26. The van der Waals surface area contributed by atoms with Crippen LogP contribution >= 0.6 is 0 Å². The lowest BCUT2D eigenvalue weighted by atomic mass is 10.1. The normalized spacial score (nSPS) is 18.2. The summed E-state index contributed by atoms with van der Waals surface area (Å²) in [7, 11) is 3.46. The smallest absolute Gasteiger partial charge is 0.255 e. The molecule has 5 nitrogen and oxygen atoms in total. The van der Waals surface area contributed by atoms with Crippen molar-refractivity contribution in [2.45, 2.75) is 18.9 Å². The van der Waals surface area contributed by atoms with Crippen LogP contribution in [0.25, 0.3) is 10.9 Å². The Bertz CT molecular complexity index is 690. The zero-order chi connectivity index (χ0) is 15.0. The van der Waals surface area contributed by atoms with Crippen molar-refractivity contribution in [2.75, 3.05) is 20.6 Å². The van der Waals surface area contributed by atoms with Crippen LogP contribution in [0.2, 0.25) is 0 Å². The van der Waals surface area contributed by atoms with E-state index in [1.165, 1.54) is 0 Å². The van der Waals surface area contributed by atoms with Gasteiger partial charge < -0.3 is 14.8 Å². The summed E-state index contributed by atoms with van der Waals surface area (Å²) in [5.41, 5.74) is 1.60.